The summed E-state index contributed by atoms with van der Waals surface area (Å²) < 4.78 is 12.5. The lowest BCUT2D eigenvalue weighted by Crippen LogP contribution is -2.15. The van der Waals surface area contributed by atoms with Crippen molar-refractivity contribution in [3.8, 4) is 28.4 Å². The zero-order chi connectivity index (χ0) is 17.4. The number of carboxylic acid groups (broad SMARTS) is 1. The van der Waals surface area contributed by atoms with Crippen LogP contribution in [0.4, 0.5) is 0 Å². The summed E-state index contributed by atoms with van der Waals surface area (Å²) in [5.41, 5.74) is 3.24. The van der Waals surface area contributed by atoms with Crippen molar-refractivity contribution < 1.29 is 19.4 Å². The molecule has 2 aromatic carbocycles. The SMILES string of the molecule is Cc1ccc(-n2nc(-c3ccc4c(c3)OCCO4)cc2C(=O)O)cc1. The first-order valence-corrected chi connectivity index (χ1v) is 7.92. The first-order valence-electron chi connectivity index (χ1n) is 7.92. The molecular formula is C19H16N2O4. The number of rotatable bonds is 3. The Morgan fingerprint density at radius 3 is 2.48 bits per heavy atom. The molecule has 1 N–H and O–H groups in total. The maximum absolute atomic E-state index is 11.6. The van der Waals surface area contributed by atoms with Crippen LogP contribution in [0.25, 0.3) is 16.9 Å². The molecule has 0 saturated heterocycles. The van der Waals surface area contributed by atoms with Crippen molar-refractivity contribution in [3.63, 3.8) is 0 Å². The van der Waals surface area contributed by atoms with Crippen LogP contribution in [-0.2, 0) is 0 Å². The van der Waals surface area contributed by atoms with Crippen LogP contribution in [0.15, 0.2) is 48.5 Å². The van der Waals surface area contributed by atoms with Gasteiger partial charge in [-0.15, -0.1) is 0 Å². The molecule has 0 atom stereocenters. The molecule has 126 valence electrons. The van der Waals surface area contributed by atoms with E-state index in [9.17, 15) is 9.90 Å². The zero-order valence-electron chi connectivity index (χ0n) is 13.6. The predicted octanol–water partition coefficient (Wildman–Crippen LogP) is 3.32. The number of nitrogens with zero attached hydrogens (tertiary/aromatic N) is 2. The summed E-state index contributed by atoms with van der Waals surface area (Å²) in [5, 5.41) is 14.0. The second-order valence-electron chi connectivity index (χ2n) is 5.83. The lowest BCUT2D eigenvalue weighted by Gasteiger charge is -2.18. The van der Waals surface area contributed by atoms with Crippen LogP contribution >= 0.6 is 0 Å². The fourth-order valence-corrected chi connectivity index (χ4v) is 2.76. The minimum absolute atomic E-state index is 0.105. The van der Waals surface area contributed by atoms with E-state index in [1.807, 2.05) is 49.4 Å². The Labute approximate surface area is 144 Å². The maximum atomic E-state index is 11.6. The Morgan fingerprint density at radius 1 is 1.04 bits per heavy atom. The summed E-state index contributed by atoms with van der Waals surface area (Å²) in [7, 11) is 0. The third-order valence-corrected chi connectivity index (χ3v) is 4.04. The number of ether oxygens (including phenoxy) is 2. The lowest BCUT2D eigenvalue weighted by molar-refractivity contribution is 0.0687. The standard InChI is InChI=1S/C19H16N2O4/c1-12-2-5-14(6-3-12)21-16(19(22)23)11-15(20-21)13-4-7-17-18(10-13)25-9-8-24-17/h2-7,10-11H,8-9H2,1H3,(H,22,23). The van der Waals surface area contributed by atoms with Crippen LogP contribution in [0.1, 0.15) is 16.1 Å². The molecular weight excluding hydrogens is 320 g/mol. The normalized spacial score (nSPS) is 12.8. The van der Waals surface area contributed by atoms with Crippen LogP contribution in [0.2, 0.25) is 0 Å². The summed E-state index contributed by atoms with van der Waals surface area (Å²) in [5.74, 6) is 0.300. The average molecular weight is 336 g/mol. The monoisotopic (exact) mass is 336 g/mol. The molecule has 0 aliphatic carbocycles. The maximum Gasteiger partial charge on any atom is 0.354 e. The number of hydrogen-bond acceptors (Lipinski definition) is 4. The molecule has 0 saturated carbocycles. The summed E-state index contributed by atoms with van der Waals surface area (Å²) in [4.78, 5) is 11.6. The number of benzene rings is 2. The van der Waals surface area contributed by atoms with Gasteiger partial charge in [-0.2, -0.15) is 5.10 Å². The minimum Gasteiger partial charge on any atom is -0.486 e. The van der Waals surface area contributed by atoms with Gasteiger partial charge in [0.2, 0.25) is 0 Å². The topological polar surface area (TPSA) is 73.6 Å². The van der Waals surface area contributed by atoms with Gasteiger partial charge >= 0.3 is 5.97 Å². The molecule has 1 aromatic heterocycles. The van der Waals surface area contributed by atoms with Gasteiger partial charge in [-0.05, 0) is 43.3 Å². The van der Waals surface area contributed by atoms with Crippen LogP contribution in [0.5, 0.6) is 11.5 Å². The highest BCUT2D eigenvalue weighted by Gasteiger charge is 2.19. The summed E-state index contributed by atoms with van der Waals surface area (Å²) in [6.07, 6.45) is 0. The molecule has 3 aromatic rings. The van der Waals surface area contributed by atoms with Gasteiger partial charge < -0.3 is 14.6 Å². The highest BCUT2D eigenvalue weighted by molar-refractivity contribution is 5.88. The van der Waals surface area contributed by atoms with E-state index in [1.165, 1.54) is 4.68 Å². The number of aromatic nitrogens is 2. The van der Waals surface area contributed by atoms with E-state index in [1.54, 1.807) is 6.07 Å². The van der Waals surface area contributed by atoms with Gasteiger partial charge in [-0.25, -0.2) is 9.48 Å². The van der Waals surface area contributed by atoms with Gasteiger partial charge in [0.05, 0.1) is 11.4 Å². The predicted molar refractivity (Wildman–Crippen MR) is 91.7 cm³/mol. The van der Waals surface area contributed by atoms with Crippen molar-refractivity contribution >= 4 is 5.97 Å². The summed E-state index contributed by atoms with van der Waals surface area (Å²) >= 11 is 0. The largest absolute Gasteiger partial charge is 0.486 e. The van der Waals surface area contributed by atoms with Gasteiger partial charge in [-0.3, -0.25) is 0 Å². The smallest absolute Gasteiger partial charge is 0.354 e. The van der Waals surface area contributed by atoms with Gasteiger partial charge in [-0.1, -0.05) is 17.7 Å². The van der Waals surface area contributed by atoms with E-state index in [0.29, 0.717) is 36.1 Å². The second-order valence-corrected chi connectivity index (χ2v) is 5.83. The Hall–Kier alpha value is -3.28. The summed E-state index contributed by atoms with van der Waals surface area (Å²) in [6, 6.07) is 14.6. The van der Waals surface area contributed by atoms with Crippen LogP contribution in [0.3, 0.4) is 0 Å². The van der Waals surface area contributed by atoms with Crippen molar-refractivity contribution in [3.05, 3.63) is 59.8 Å². The molecule has 6 nitrogen and oxygen atoms in total. The second kappa shape index (κ2) is 5.98. The minimum atomic E-state index is -1.03. The molecule has 0 radical (unpaired) electrons. The van der Waals surface area contributed by atoms with Gasteiger partial charge in [0.1, 0.15) is 13.2 Å². The summed E-state index contributed by atoms with van der Waals surface area (Å²) in [6.45, 7) is 3.00. The first kappa shape index (κ1) is 15.3. The van der Waals surface area contributed by atoms with E-state index in [2.05, 4.69) is 5.10 Å². The quantitative estimate of drug-likeness (QED) is 0.794. The van der Waals surface area contributed by atoms with E-state index in [-0.39, 0.29) is 5.69 Å². The molecule has 0 amide bonds. The van der Waals surface area contributed by atoms with Crippen LogP contribution in [-0.4, -0.2) is 34.1 Å². The Kier molecular flexibility index (Phi) is 3.65. The molecule has 2 heterocycles. The van der Waals surface area contributed by atoms with E-state index in [0.717, 1.165) is 11.1 Å². The highest BCUT2D eigenvalue weighted by atomic mass is 16.6. The van der Waals surface area contributed by atoms with Crippen molar-refractivity contribution in [2.45, 2.75) is 6.92 Å². The molecule has 1 aliphatic rings. The fourth-order valence-electron chi connectivity index (χ4n) is 2.76. The Balaban J connectivity index is 1.80. The number of hydrogen-bond donors (Lipinski definition) is 1. The van der Waals surface area contributed by atoms with E-state index >= 15 is 0 Å². The molecule has 0 unspecified atom stereocenters. The number of carboxylic acids is 1. The molecule has 0 fully saturated rings. The van der Waals surface area contributed by atoms with Crippen molar-refractivity contribution in [2.75, 3.05) is 13.2 Å². The molecule has 4 rings (SSSR count). The van der Waals surface area contributed by atoms with Crippen LogP contribution < -0.4 is 9.47 Å². The van der Waals surface area contributed by atoms with Crippen LogP contribution in [0, 0.1) is 6.92 Å². The molecule has 1 aliphatic heterocycles. The molecule has 0 spiro atoms. The van der Waals surface area contributed by atoms with Gasteiger partial charge in [0, 0.05) is 5.56 Å². The Bertz CT molecular complexity index is 945. The van der Waals surface area contributed by atoms with E-state index in [4.69, 9.17) is 9.47 Å². The number of aryl methyl sites for hydroxylation is 1. The first-order chi connectivity index (χ1) is 12.1. The van der Waals surface area contributed by atoms with Gasteiger partial charge in [0.25, 0.3) is 0 Å². The third-order valence-electron chi connectivity index (χ3n) is 4.04. The van der Waals surface area contributed by atoms with Crippen molar-refractivity contribution in [1.29, 1.82) is 0 Å². The van der Waals surface area contributed by atoms with Crippen molar-refractivity contribution in [2.24, 2.45) is 0 Å². The molecule has 0 bridgehead atoms. The fraction of sp³-hybridized carbons (Fsp3) is 0.158. The average Bonchev–Trinajstić information content (AvgIpc) is 3.07. The van der Waals surface area contributed by atoms with Gasteiger partial charge in [0.15, 0.2) is 17.2 Å². The lowest BCUT2D eigenvalue weighted by atomic mass is 10.1. The third kappa shape index (κ3) is 2.82. The van der Waals surface area contributed by atoms with Crippen molar-refractivity contribution in [1.82, 2.24) is 9.78 Å². The zero-order valence-corrected chi connectivity index (χ0v) is 13.6. The molecule has 25 heavy (non-hydrogen) atoms. The highest BCUT2D eigenvalue weighted by Crippen LogP contribution is 2.34. The van der Waals surface area contributed by atoms with E-state index < -0.39 is 5.97 Å². The number of carbonyl (C=O) groups is 1. The number of fused-ring (bicyclic) bond motifs is 1. The molecule has 6 heteroatoms. The number of aromatic carboxylic acids is 1. The Morgan fingerprint density at radius 2 is 1.76 bits per heavy atom.